The molecule has 1 aromatic rings. The molecule has 1 aromatic carbocycles. The molecule has 2 nitrogen and oxygen atoms in total. The van der Waals surface area contributed by atoms with Crippen LogP contribution in [0.2, 0.25) is 5.02 Å². The molecule has 0 unspecified atom stereocenters. The second-order valence-electron chi connectivity index (χ2n) is 3.86. The first-order chi connectivity index (χ1) is 7.81. The van der Waals surface area contributed by atoms with Gasteiger partial charge >= 0.3 is 0 Å². The fraction of sp³-hybridized carbons (Fsp3) is 0.500. The maximum Gasteiger partial charge on any atom is 0.0641 e. The largest absolute Gasteiger partial charge is 0.380 e. The highest BCUT2D eigenvalue weighted by Crippen LogP contribution is 2.27. The Morgan fingerprint density at radius 3 is 3.00 bits per heavy atom. The van der Waals surface area contributed by atoms with E-state index in [0.29, 0.717) is 0 Å². The van der Waals surface area contributed by atoms with E-state index < -0.39 is 0 Å². The molecular weight excluding hydrogens is 289 g/mol. The number of hydrogen-bond donors (Lipinski definition) is 0. The molecule has 2 rings (SSSR count). The minimum Gasteiger partial charge on any atom is -0.380 e. The van der Waals surface area contributed by atoms with Gasteiger partial charge < -0.3 is 9.64 Å². The van der Waals surface area contributed by atoms with Gasteiger partial charge in [0.25, 0.3) is 0 Å². The maximum atomic E-state index is 6.06. The fourth-order valence-electron chi connectivity index (χ4n) is 1.93. The number of anilines is 1. The Balaban J connectivity index is 2.25. The van der Waals surface area contributed by atoms with Crippen molar-refractivity contribution in [3.8, 4) is 0 Å². The molecule has 88 valence electrons. The Morgan fingerprint density at radius 2 is 2.19 bits per heavy atom. The average molecular weight is 305 g/mol. The summed E-state index contributed by atoms with van der Waals surface area (Å²) in [6.45, 7) is 3.65. The Kier molecular flexibility index (Phi) is 4.50. The second kappa shape index (κ2) is 5.89. The van der Waals surface area contributed by atoms with Crippen molar-refractivity contribution in [2.24, 2.45) is 0 Å². The predicted octanol–water partition coefficient (Wildman–Crippen LogP) is 3.46. The van der Waals surface area contributed by atoms with Crippen LogP contribution in [0.4, 0.5) is 5.69 Å². The van der Waals surface area contributed by atoms with Gasteiger partial charge in [-0.2, -0.15) is 0 Å². The zero-order chi connectivity index (χ0) is 11.4. The van der Waals surface area contributed by atoms with Crippen LogP contribution >= 0.6 is 27.5 Å². The minimum atomic E-state index is 0.796. The summed E-state index contributed by atoms with van der Waals surface area (Å²) in [6.07, 6.45) is 1.08. The van der Waals surface area contributed by atoms with Gasteiger partial charge in [-0.15, -0.1) is 0 Å². The quantitative estimate of drug-likeness (QED) is 0.776. The first kappa shape index (κ1) is 12.2. The van der Waals surface area contributed by atoms with Crippen LogP contribution in [0.25, 0.3) is 0 Å². The molecule has 1 aliphatic heterocycles. The molecule has 0 amide bonds. The van der Waals surface area contributed by atoms with E-state index in [1.807, 2.05) is 12.1 Å². The van der Waals surface area contributed by atoms with Crippen LogP contribution in [0.3, 0.4) is 0 Å². The predicted molar refractivity (Wildman–Crippen MR) is 71.7 cm³/mol. The van der Waals surface area contributed by atoms with Crippen LogP contribution < -0.4 is 4.90 Å². The highest BCUT2D eigenvalue weighted by molar-refractivity contribution is 9.08. The summed E-state index contributed by atoms with van der Waals surface area (Å²) in [5.41, 5.74) is 2.51. The zero-order valence-electron chi connectivity index (χ0n) is 9.09. The Labute approximate surface area is 110 Å². The Bertz CT molecular complexity index is 351. The standard InChI is InChI=1S/C12H15BrClNO/c13-9-10-2-3-11(14)8-12(10)15-4-1-6-16-7-5-15/h2-3,8H,1,4-7,9H2. The molecule has 4 heteroatoms. The van der Waals surface area contributed by atoms with Gasteiger partial charge in [0.15, 0.2) is 0 Å². The van der Waals surface area contributed by atoms with Crippen LogP contribution in [0.5, 0.6) is 0 Å². The number of alkyl halides is 1. The molecule has 0 atom stereocenters. The third-order valence-electron chi connectivity index (χ3n) is 2.75. The number of halogens is 2. The number of nitrogens with zero attached hydrogens (tertiary/aromatic N) is 1. The van der Waals surface area contributed by atoms with Crippen molar-refractivity contribution in [1.82, 2.24) is 0 Å². The van der Waals surface area contributed by atoms with Gasteiger partial charge in [-0.1, -0.05) is 33.6 Å². The molecule has 1 heterocycles. The fourth-order valence-corrected chi connectivity index (χ4v) is 2.57. The summed E-state index contributed by atoms with van der Waals surface area (Å²) in [4.78, 5) is 2.36. The van der Waals surface area contributed by atoms with Crippen molar-refractivity contribution in [2.75, 3.05) is 31.2 Å². The molecule has 1 saturated heterocycles. The Morgan fingerprint density at radius 1 is 1.31 bits per heavy atom. The van der Waals surface area contributed by atoms with E-state index in [1.165, 1.54) is 11.3 Å². The normalized spacial score (nSPS) is 17.2. The van der Waals surface area contributed by atoms with Gasteiger partial charge in [0.2, 0.25) is 0 Å². The molecule has 0 aromatic heterocycles. The lowest BCUT2D eigenvalue weighted by atomic mass is 10.1. The highest BCUT2D eigenvalue weighted by atomic mass is 79.9. The van der Waals surface area contributed by atoms with Crippen LogP contribution in [-0.4, -0.2) is 26.3 Å². The number of hydrogen-bond acceptors (Lipinski definition) is 2. The van der Waals surface area contributed by atoms with Crippen molar-refractivity contribution in [2.45, 2.75) is 11.8 Å². The highest BCUT2D eigenvalue weighted by Gasteiger charge is 2.13. The molecular formula is C12H15BrClNO. The molecule has 1 aliphatic rings. The lowest BCUT2D eigenvalue weighted by Crippen LogP contribution is -2.26. The summed E-state index contributed by atoms with van der Waals surface area (Å²) >= 11 is 9.58. The van der Waals surface area contributed by atoms with E-state index in [1.54, 1.807) is 0 Å². The average Bonchev–Trinajstić information content (AvgIpc) is 2.57. The minimum absolute atomic E-state index is 0.796. The van der Waals surface area contributed by atoms with E-state index in [0.717, 1.165) is 43.1 Å². The lowest BCUT2D eigenvalue weighted by Gasteiger charge is -2.24. The van der Waals surface area contributed by atoms with Gasteiger partial charge in [0, 0.05) is 35.7 Å². The van der Waals surface area contributed by atoms with Gasteiger partial charge in [-0.05, 0) is 24.1 Å². The second-order valence-corrected chi connectivity index (χ2v) is 4.86. The van der Waals surface area contributed by atoms with Gasteiger partial charge in [-0.25, -0.2) is 0 Å². The molecule has 0 saturated carbocycles. The van der Waals surface area contributed by atoms with Crippen molar-refractivity contribution in [3.05, 3.63) is 28.8 Å². The summed E-state index contributed by atoms with van der Waals surface area (Å²) in [7, 11) is 0. The monoisotopic (exact) mass is 303 g/mol. The molecule has 0 bridgehead atoms. The van der Waals surface area contributed by atoms with Gasteiger partial charge in [0.05, 0.1) is 6.61 Å². The Hall–Kier alpha value is -0.250. The summed E-state index contributed by atoms with van der Waals surface area (Å²) < 4.78 is 5.46. The van der Waals surface area contributed by atoms with Crippen molar-refractivity contribution < 1.29 is 4.74 Å². The smallest absolute Gasteiger partial charge is 0.0641 e. The maximum absolute atomic E-state index is 6.06. The van der Waals surface area contributed by atoms with Crippen LogP contribution in [0.15, 0.2) is 18.2 Å². The molecule has 0 aliphatic carbocycles. The van der Waals surface area contributed by atoms with Crippen LogP contribution in [-0.2, 0) is 10.1 Å². The third kappa shape index (κ3) is 2.90. The number of benzene rings is 1. The van der Waals surface area contributed by atoms with Crippen LogP contribution in [0, 0.1) is 0 Å². The van der Waals surface area contributed by atoms with Crippen molar-refractivity contribution in [1.29, 1.82) is 0 Å². The van der Waals surface area contributed by atoms with Crippen molar-refractivity contribution in [3.63, 3.8) is 0 Å². The molecule has 0 N–H and O–H groups in total. The summed E-state index contributed by atoms with van der Waals surface area (Å²) in [6, 6.07) is 6.07. The number of ether oxygens (including phenoxy) is 1. The molecule has 0 radical (unpaired) electrons. The van der Waals surface area contributed by atoms with Crippen LogP contribution in [0.1, 0.15) is 12.0 Å². The van der Waals surface area contributed by atoms with E-state index >= 15 is 0 Å². The molecule has 1 fully saturated rings. The van der Waals surface area contributed by atoms with Crippen molar-refractivity contribution >= 4 is 33.2 Å². The molecule has 0 spiro atoms. The summed E-state index contributed by atoms with van der Waals surface area (Å²) in [5, 5.41) is 1.65. The first-order valence-corrected chi connectivity index (χ1v) is 6.98. The SMILES string of the molecule is Clc1ccc(CBr)c(N2CCCOCC2)c1. The molecule has 16 heavy (non-hydrogen) atoms. The van der Waals surface area contributed by atoms with Gasteiger partial charge in [-0.3, -0.25) is 0 Å². The zero-order valence-corrected chi connectivity index (χ0v) is 11.4. The van der Waals surface area contributed by atoms with E-state index in [4.69, 9.17) is 16.3 Å². The van der Waals surface area contributed by atoms with E-state index in [-0.39, 0.29) is 0 Å². The van der Waals surface area contributed by atoms with E-state index in [9.17, 15) is 0 Å². The first-order valence-electron chi connectivity index (χ1n) is 5.48. The topological polar surface area (TPSA) is 12.5 Å². The summed E-state index contributed by atoms with van der Waals surface area (Å²) in [5.74, 6) is 0. The van der Waals surface area contributed by atoms with E-state index in [2.05, 4.69) is 26.9 Å². The number of rotatable bonds is 2. The van der Waals surface area contributed by atoms with Gasteiger partial charge in [0.1, 0.15) is 0 Å². The lowest BCUT2D eigenvalue weighted by molar-refractivity contribution is 0.152. The third-order valence-corrected chi connectivity index (χ3v) is 3.59.